The Morgan fingerprint density at radius 3 is 2.72 bits per heavy atom. The van der Waals surface area contributed by atoms with Gasteiger partial charge in [0.1, 0.15) is 11.5 Å². The first-order valence-corrected chi connectivity index (χ1v) is 8.14. The summed E-state index contributed by atoms with van der Waals surface area (Å²) in [7, 11) is 0. The maximum Gasteiger partial charge on any atom is 0.267 e. The van der Waals surface area contributed by atoms with Gasteiger partial charge in [0.05, 0.1) is 5.54 Å². The molecule has 7 heteroatoms. The van der Waals surface area contributed by atoms with Crippen molar-refractivity contribution in [3.63, 3.8) is 0 Å². The highest BCUT2D eigenvalue weighted by atomic mass is 19.2. The number of benzene rings is 1. The van der Waals surface area contributed by atoms with Gasteiger partial charge in [-0.05, 0) is 57.0 Å². The molecule has 132 valence electrons. The molecule has 1 fully saturated rings. The van der Waals surface area contributed by atoms with Gasteiger partial charge in [-0.25, -0.2) is 18.7 Å². The molecule has 3 rings (SSSR count). The van der Waals surface area contributed by atoms with Crippen LogP contribution in [0.5, 0.6) is 0 Å². The molecular formula is C18H20F2N4O. The number of likely N-dealkylation sites (tertiary alicyclic amines) is 1. The predicted octanol–water partition coefficient (Wildman–Crippen LogP) is 2.67. The summed E-state index contributed by atoms with van der Waals surface area (Å²) in [6, 6.07) is 5.47. The SMILES string of the molecule is Cc1cc(C(N)=O)nc([C@]2(C)CCCN2Cc2ccc(F)c(F)c2)n1. The summed E-state index contributed by atoms with van der Waals surface area (Å²) < 4.78 is 26.6. The quantitative estimate of drug-likeness (QED) is 0.924. The molecule has 1 atom stereocenters. The first-order valence-electron chi connectivity index (χ1n) is 8.14. The van der Waals surface area contributed by atoms with Gasteiger partial charge in [-0.2, -0.15) is 0 Å². The zero-order valence-electron chi connectivity index (χ0n) is 14.2. The summed E-state index contributed by atoms with van der Waals surface area (Å²) in [5.41, 5.74) is 6.39. The van der Waals surface area contributed by atoms with Crippen molar-refractivity contribution < 1.29 is 13.6 Å². The molecule has 5 nitrogen and oxygen atoms in total. The minimum atomic E-state index is -0.860. The molecule has 0 aliphatic carbocycles. The van der Waals surface area contributed by atoms with Gasteiger partial charge in [0.2, 0.25) is 0 Å². The largest absolute Gasteiger partial charge is 0.364 e. The van der Waals surface area contributed by atoms with Crippen LogP contribution in [0.3, 0.4) is 0 Å². The number of hydrogen-bond donors (Lipinski definition) is 1. The fourth-order valence-electron chi connectivity index (χ4n) is 3.32. The molecule has 0 radical (unpaired) electrons. The lowest BCUT2D eigenvalue weighted by atomic mass is 9.96. The third-order valence-electron chi connectivity index (χ3n) is 4.74. The minimum absolute atomic E-state index is 0.184. The van der Waals surface area contributed by atoms with E-state index in [1.165, 1.54) is 6.07 Å². The first-order chi connectivity index (χ1) is 11.8. The van der Waals surface area contributed by atoms with Gasteiger partial charge in [0, 0.05) is 12.2 Å². The number of carbonyl (C=O) groups is 1. The Balaban J connectivity index is 1.94. The van der Waals surface area contributed by atoms with Crippen LogP contribution < -0.4 is 5.73 Å². The van der Waals surface area contributed by atoms with Crippen molar-refractivity contribution in [2.75, 3.05) is 6.54 Å². The normalized spacial score (nSPS) is 20.8. The Morgan fingerprint density at radius 2 is 2.04 bits per heavy atom. The molecule has 0 bridgehead atoms. The molecule has 0 unspecified atom stereocenters. The Morgan fingerprint density at radius 1 is 1.28 bits per heavy atom. The maximum atomic E-state index is 13.5. The van der Waals surface area contributed by atoms with Gasteiger partial charge in [0.25, 0.3) is 5.91 Å². The van der Waals surface area contributed by atoms with E-state index >= 15 is 0 Å². The molecule has 2 heterocycles. The van der Waals surface area contributed by atoms with Gasteiger partial charge in [-0.3, -0.25) is 9.69 Å². The van der Waals surface area contributed by atoms with Gasteiger partial charge in [-0.1, -0.05) is 6.07 Å². The van der Waals surface area contributed by atoms with E-state index in [0.717, 1.165) is 25.5 Å². The highest BCUT2D eigenvalue weighted by molar-refractivity contribution is 5.90. The standard InChI is InChI=1S/C18H20F2N4O/c1-11-8-15(16(21)25)23-17(22-11)18(2)6-3-7-24(18)10-12-4-5-13(19)14(20)9-12/h4-5,8-9H,3,6-7,10H2,1-2H3,(H2,21,25)/t18-/m0/s1. The van der Waals surface area contributed by atoms with Crippen molar-refractivity contribution in [2.45, 2.75) is 38.8 Å². The number of nitrogens with two attached hydrogens (primary N) is 1. The molecule has 0 spiro atoms. The summed E-state index contributed by atoms with van der Waals surface area (Å²) in [5.74, 6) is -1.79. The number of amides is 1. The van der Waals surface area contributed by atoms with Crippen molar-refractivity contribution in [2.24, 2.45) is 5.73 Å². The summed E-state index contributed by atoms with van der Waals surface area (Å²) in [5, 5.41) is 0. The molecule has 25 heavy (non-hydrogen) atoms. The van der Waals surface area contributed by atoms with E-state index in [4.69, 9.17) is 5.73 Å². The fourth-order valence-corrected chi connectivity index (χ4v) is 3.32. The predicted molar refractivity (Wildman–Crippen MR) is 88.6 cm³/mol. The molecule has 1 saturated heterocycles. The van der Waals surface area contributed by atoms with Crippen LogP contribution >= 0.6 is 0 Å². The average Bonchev–Trinajstić information content (AvgIpc) is 2.92. The Bertz CT molecular complexity index is 827. The highest BCUT2D eigenvalue weighted by Crippen LogP contribution is 2.38. The number of halogens is 2. The van der Waals surface area contributed by atoms with Crippen molar-refractivity contribution in [1.82, 2.24) is 14.9 Å². The number of aryl methyl sites for hydroxylation is 1. The van der Waals surface area contributed by atoms with E-state index in [1.54, 1.807) is 19.1 Å². The van der Waals surface area contributed by atoms with E-state index in [9.17, 15) is 13.6 Å². The van der Waals surface area contributed by atoms with E-state index in [2.05, 4.69) is 14.9 Å². The molecule has 1 aliphatic heterocycles. The second-order valence-electron chi connectivity index (χ2n) is 6.63. The second kappa shape index (κ2) is 6.48. The van der Waals surface area contributed by atoms with Crippen molar-refractivity contribution in [1.29, 1.82) is 0 Å². The Kier molecular flexibility index (Phi) is 4.51. The second-order valence-corrected chi connectivity index (χ2v) is 6.63. The van der Waals surface area contributed by atoms with Crippen LogP contribution in [0.25, 0.3) is 0 Å². The highest BCUT2D eigenvalue weighted by Gasteiger charge is 2.41. The van der Waals surface area contributed by atoms with Gasteiger partial charge in [0.15, 0.2) is 11.6 Å². The number of nitrogens with zero attached hydrogens (tertiary/aromatic N) is 3. The van der Waals surface area contributed by atoms with Gasteiger partial charge < -0.3 is 5.73 Å². The van der Waals surface area contributed by atoms with Crippen LogP contribution in [-0.4, -0.2) is 27.3 Å². The first kappa shape index (κ1) is 17.4. The van der Waals surface area contributed by atoms with E-state index in [0.29, 0.717) is 23.6 Å². The van der Waals surface area contributed by atoms with Crippen molar-refractivity contribution >= 4 is 5.91 Å². The molecule has 1 aliphatic rings. The molecule has 1 aromatic carbocycles. The lowest BCUT2D eigenvalue weighted by Gasteiger charge is -2.34. The summed E-state index contributed by atoms with van der Waals surface area (Å²) >= 11 is 0. The zero-order chi connectivity index (χ0) is 18.2. The molecule has 2 aromatic rings. The summed E-state index contributed by atoms with van der Waals surface area (Å²) in [6.45, 7) is 5.00. The number of rotatable bonds is 4. The van der Waals surface area contributed by atoms with Crippen molar-refractivity contribution in [3.05, 3.63) is 58.7 Å². The van der Waals surface area contributed by atoms with Gasteiger partial charge >= 0.3 is 0 Å². The Labute approximate surface area is 144 Å². The fraction of sp³-hybridized carbons (Fsp3) is 0.389. The van der Waals surface area contributed by atoms with E-state index in [-0.39, 0.29) is 5.69 Å². The molecule has 1 amide bonds. The minimum Gasteiger partial charge on any atom is -0.364 e. The summed E-state index contributed by atoms with van der Waals surface area (Å²) in [6.07, 6.45) is 1.72. The Hall–Kier alpha value is -2.41. The smallest absolute Gasteiger partial charge is 0.267 e. The molecule has 0 saturated carbocycles. The number of carbonyl (C=O) groups excluding carboxylic acids is 1. The number of aromatic nitrogens is 2. The summed E-state index contributed by atoms with van der Waals surface area (Å²) in [4.78, 5) is 22.5. The third-order valence-corrected chi connectivity index (χ3v) is 4.74. The third kappa shape index (κ3) is 3.37. The van der Waals surface area contributed by atoms with E-state index < -0.39 is 23.1 Å². The average molecular weight is 346 g/mol. The van der Waals surface area contributed by atoms with Crippen LogP contribution in [0.1, 0.15) is 47.3 Å². The zero-order valence-corrected chi connectivity index (χ0v) is 14.2. The van der Waals surface area contributed by atoms with Crippen LogP contribution in [0, 0.1) is 18.6 Å². The topological polar surface area (TPSA) is 72.1 Å². The van der Waals surface area contributed by atoms with Crippen LogP contribution in [0.2, 0.25) is 0 Å². The lowest BCUT2D eigenvalue weighted by molar-refractivity contribution is 0.0991. The van der Waals surface area contributed by atoms with E-state index in [1.807, 2.05) is 6.92 Å². The van der Waals surface area contributed by atoms with Gasteiger partial charge in [-0.15, -0.1) is 0 Å². The maximum absolute atomic E-state index is 13.5. The van der Waals surface area contributed by atoms with Crippen LogP contribution in [0.15, 0.2) is 24.3 Å². The molecular weight excluding hydrogens is 326 g/mol. The molecule has 1 aromatic heterocycles. The van der Waals surface area contributed by atoms with Crippen molar-refractivity contribution in [3.8, 4) is 0 Å². The monoisotopic (exact) mass is 346 g/mol. The number of primary amides is 1. The van der Waals surface area contributed by atoms with Crippen LogP contribution in [0.4, 0.5) is 8.78 Å². The number of hydrogen-bond acceptors (Lipinski definition) is 4. The van der Waals surface area contributed by atoms with Crippen LogP contribution in [-0.2, 0) is 12.1 Å². The lowest BCUT2D eigenvalue weighted by Crippen LogP contribution is -2.40. The molecule has 2 N–H and O–H groups in total.